The van der Waals surface area contributed by atoms with E-state index in [-0.39, 0.29) is 1.43 Å². The van der Waals surface area contributed by atoms with Gasteiger partial charge in [-0.05, 0) is 17.7 Å². The Kier molecular flexibility index (Phi) is 2.50. The molecule has 0 bridgehead atoms. The second-order valence-electron chi connectivity index (χ2n) is 2.43. The summed E-state index contributed by atoms with van der Waals surface area (Å²) in [6.45, 7) is 3.65. The molecule has 1 rings (SSSR count). The summed E-state index contributed by atoms with van der Waals surface area (Å²) in [5, 5.41) is 0. The van der Waals surface area contributed by atoms with E-state index in [1.807, 2.05) is 0 Å². The number of nitrogens with zero attached hydrogens (tertiary/aromatic N) is 2. The third-order valence-corrected chi connectivity index (χ3v) is 1.53. The van der Waals surface area contributed by atoms with Crippen molar-refractivity contribution in [2.45, 2.75) is 5.66 Å². The van der Waals surface area contributed by atoms with Crippen molar-refractivity contribution in [2.24, 2.45) is 9.98 Å². The minimum Gasteiger partial charge on any atom is -0.211 e. The summed E-state index contributed by atoms with van der Waals surface area (Å²) in [7, 11) is 0. The van der Waals surface area contributed by atoms with Gasteiger partial charge in [0.15, 0.2) is 0 Å². The van der Waals surface area contributed by atoms with Crippen molar-refractivity contribution >= 4 is 12.2 Å². The first-order valence-electron chi connectivity index (χ1n) is 3.48. The third kappa shape index (κ3) is 1.97. The van der Waals surface area contributed by atoms with Crippen LogP contribution in [-0.4, -0.2) is 17.8 Å². The molecule has 0 saturated heterocycles. The molecule has 0 aromatic heterocycles. The number of aliphatic imine (C=N–C) groups is 2. The van der Waals surface area contributed by atoms with E-state index in [4.69, 9.17) is 0 Å². The van der Waals surface area contributed by atoms with Gasteiger partial charge in [-0.1, -0.05) is 18.7 Å². The summed E-state index contributed by atoms with van der Waals surface area (Å²) < 4.78 is 0. The molecule has 0 spiro atoms. The fraction of sp³-hybridized carbons (Fsp3) is 0.111. The van der Waals surface area contributed by atoms with Gasteiger partial charge in [-0.3, -0.25) is 0 Å². The SMILES string of the molecule is C=C1C=CC(N=C=O)(N=C=O)C=C1.[H+]. The lowest BCUT2D eigenvalue weighted by atomic mass is 10.0. The summed E-state index contributed by atoms with van der Waals surface area (Å²) in [4.78, 5) is 26.9. The summed E-state index contributed by atoms with van der Waals surface area (Å²) in [5.41, 5.74) is -0.511. The standard InChI is InChI=1S/C9H6N2O2/c1-8-2-4-9(5-3-8,10-6-12)11-7-13/h2-5H,1H2/p+1. The van der Waals surface area contributed by atoms with Crippen LogP contribution in [0.3, 0.4) is 0 Å². The molecule has 64 valence electrons. The fourth-order valence-corrected chi connectivity index (χ4v) is 0.891. The van der Waals surface area contributed by atoms with Crippen LogP contribution in [0.1, 0.15) is 1.43 Å². The molecule has 1 aliphatic carbocycles. The summed E-state index contributed by atoms with van der Waals surface area (Å²) in [6, 6.07) is 0. The molecule has 0 heterocycles. The number of hydrogen-bond donors (Lipinski definition) is 0. The largest absolute Gasteiger partial charge is 1.00 e. The molecule has 0 fully saturated rings. The van der Waals surface area contributed by atoms with Gasteiger partial charge < -0.3 is 0 Å². The maximum absolute atomic E-state index is 10.1. The Hall–Kier alpha value is -2.02. The van der Waals surface area contributed by atoms with E-state index >= 15 is 0 Å². The molecule has 4 nitrogen and oxygen atoms in total. The highest BCUT2D eigenvalue weighted by atomic mass is 16.1. The Morgan fingerprint density at radius 1 is 1.23 bits per heavy atom. The summed E-state index contributed by atoms with van der Waals surface area (Å²) in [6.07, 6.45) is 8.88. The second-order valence-corrected chi connectivity index (χ2v) is 2.43. The molecule has 0 saturated carbocycles. The molecule has 0 amide bonds. The van der Waals surface area contributed by atoms with Crippen molar-refractivity contribution < 1.29 is 11.0 Å². The first-order chi connectivity index (χ1) is 6.22. The highest BCUT2D eigenvalue weighted by molar-refractivity contribution is 5.48. The lowest BCUT2D eigenvalue weighted by Crippen LogP contribution is -2.18. The Balaban J connectivity index is 0.00000169. The van der Waals surface area contributed by atoms with Crippen LogP contribution < -0.4 is 0 Å². The monoisotopic (exact) mass is 175 g/mol. The predicted molar refractivity (Wildman–Crippen MR) is 47.5 cm³/mol. The molecule has 0 aliphatic heterocycles. The van der Waals surface area contributed by atoms with Crippen LogP contribution in [0.2, 0.25) is 0 Å². The van der Waals surface area contributed by atoms with Gasteiger partial charge in [-0.25, -0.2) is 9.59 Å². The molecule has 0 radical (unpaired) electrons. The van der Waals surface area contributed by atoms with E-state index in [0.29, 0.717) is 0 Å². The molecule has 0 atom stereocenters. The number of hydrogen-bond acceptors (Lipinski definition) is 4. The third-order valence-electron chi connectivity index (χ3n) is 1.53. The molecular formula is C9H7N2O2+. The smallest absolute Gasteiger partial charge is 0.211 e. The number of isocyanates is 2. The zero-order valence-electron chi connectivity index (χ0n) is 7.73. The molecule has 1 aliphatic rings. The van der Waals surface area contributed by atoms with Crippen molar-refractivity contribution in [3.05, 3.63) is 36.5 Å². The number of allylic oxidation sites excluding steroid dienone is 3. The Labute approximate surface area is 76.2 Å². The quantitative estimate of drug-likeness (QED) is 0.467. The van der Waals surface area contributed by atoms with E-state index in [1.165, 1.54) is 24.3 Å². The first kappa shape index (κ1) is 9.07. The molecule has 0 unspecified atom stereocenters. The molecule has 13 heavy (non-hydrogen) atoms. The van der Waals surface area contributed by atoms with Gasteiger partial charge >= 0.3 is 1.43 Å². The van der Waals surface area contributed by atoms with E-state index in [0.717, 1.165) is 5.57 Å². The maximum atomic E-state index is 10.1. The van der Waals surface area contributed by atoms with Crippen LogP contribution in [0.4, 0.5) is 0 Å². The van der Waals surface area contributed by atoms with Gasteiger partial charge in [-0.15, -0.1) is 0 Å². The van der Waals surface area contributed by atoms with Gasteiger partial charge in [0.1, 0.15) is 0 Å². The van der Waals surface area contributed by atoms with Gasteiger partial charge in [0.05, 0.1) is 0 Å². The van der Waals surface area contributed by atoms with Crippen molar-refractivity contribution in [3.8, 4) is 0 Å². The first-order valence-corrected chi connectivity index (χ1v) is 3.48. The van der Waals surface area contributed by atoms with Gasteiger partial charge in [0.2, 0.25) is 17.8 Å². The normalized spacial score (nSPS) is 17.4. The van der Waals surface area contributed by atoms with E-state index in [1.54, 1.807) is 12.2 Å². The summed E-state index contributed by atoms with van der Waals surface area (Å²) in [5.74, 6) is 0. The topological polar surface area (TPSA) is 58.9 Å². The Bertz CT molecular complexity index is 350. The summed E-state index contributed by atoms with van der Waals surface area (Å²) >= 11 is 0. The van der Waals surface area contributed by atoms with Crippen LogP contribution in [0, 0.1) is 0 Å². The van der Waals surface area contributed by atoms with Crippen molar-refractivity contribution in [1.29, 1.82) is 0 Å². The minimum atomic E-state index is -1.26. The van der Waals surface area contributed by atoms with Crippen LogP contribution >= 0.6 is 0 Å². The molecular weight excluding hydrogens is 168 g/mol. The molecule has 0 aromatic carbocycles. The highest BCUT2D eigenvalue weighted by Crippen LogP contribution is 2.22. The minimum absolute atomic E-state index is 0. The predicted octanol–water partition coefficient (Wildman–Crippen LogP) is 1.15. The van der Waals surface area contributed by atoms with Gasteiger partial charge in [-0.2, -0.15) is 9.98 Å². The van der Waals surface area contributed by atoms with Crippen LogP contribution in [-0.2, 0) is 9.59 Å². The lowest BCUT2D eigenvalue weighted by molar-refractivity contribution is 0.545. The van der Waals surface area contributed by atoms with Gasteiger partial charge in [0.25, 0.3) is 0 Å². The fourth-order valence-electron chi connectivity index (χ4n) is 0.891. The van der Waals surface area contributed by atoms with Crippen LogP contribution in [0.15, 0.2) is 46.4 Å². The highest BCUT2D eigenvalue weighted by Gasteiger charge is 2.23. The second kappa shape index (κ2) is 3.59. The van der Waals surface area contributed by atoms with Crippen LogP contribution in [0.25, 0.3) is 0 Å². The maximum Gasteiger partial charge on any atom is 1.00 e. The van der Waals surface area contributed by atoms with Crippen LogP contribution in [0.5, 0.6) is 0 Å². The average molecular weight is 175 g/mol. The molecule has 0 N–H and O–H groups in total. The zero-order chi connectivity index (χ0) is 9.73. The van der Waals surface area contributed by atoms with E-state index in [2.05, 4.69) is 16.6 Å². The average Bonchev–Trinajstić information content (AvgIpc) is 2.11. The zero-order valence-corrected chi connectivity index (χ0v) is 6.73. The van der Waals surface area contributed by atoms with Gasteiger partial charge in [0, 0.05) is 0 Å². The lowest BCUT2D eigenvalue weighted by Gasteiger charge is -2.15. The molecule has 4 heteroatoms. The Morgan fingerprint density at radius 3 is 2.08 bits per heavy atom. The number of rotatable bonds is 2. The van der Waals surface area contributed by atoms with Crippen molar-refractivity contribution in [1.82, 2.24) is 0 Å². The van der Waals surface area contributed by atoms with Crippen molar-refractivity contribution in [3.63, 3.8) is 0 Å². The number of carbonyl (C=O) groups excluding carboxylic acids is 2. The Morgan fingerprint density at radius 2 is 1.69 bits per heavy atom. The van der Waals surface area contributed by atoms with E-state index in [9.17, 15) is 9.59 Å². The van der Waals surface area contributed by atoms with Crippen molar-refractivity contribution in [2.75, 3.05) is 0 Å². The molecule has 0 aromatic rings. The van der Waals surface area contributed by atoms with E-state index < -0.39 is 5.66 Å².